The molecule has 4 rings (SSSR count). The smallest absolute Gasteiger partial charge is 0.125 e. The maximum atomic E-state index is 6.27. The van der Waals surface area contributed by atoms with Crippen LogP contribution in [0.5, 0.6) is 0 Å². The molecule has 0 bridgehead atoms. The molecule has 22 heavy (non-hydrogen) atoms. The second-order valence-electron chi connectivity index (χ2n) is 5.88. The normalized spacial score (nSPS) is 16.6. The number of likely N-dealkylation sites (tertiary alicyclic amines) is 1. The van der Waals surface area contributed by atoms with Crippen LogP contribution in [0.3, 0.4) is 0 Å². The molecule has 2 heterocycles. The maximum Gasteiger partial charge on any atom is 0.125 e. The summed E-state index contributed by atoms with van der Waals surface area (Å²) >= 11 is 6.27. The fourth-order valence-corrected chi connectivity index (χ4v) is 3.79. The first-order valence-corrected chi connectivity index (χ1v) is 8.37. The highest BCUT2D eigenvalue weighted by Gasteiger charge is 2.19. The number of hydrogen-bond acceptors (Lipinski definition) is 1. The number of para-hydroxylation sites is 2. The lowest BCUT2D eigenvalue weighted by atomic mass is 10.1. The molecule has 2 nitrogen and oxygen atoms in total. The van der Waals surface area contributed by atoms with Gasteiger partial charge in [-0.05, 0) is 31.4 Å². The van der Waals surface area contributed by atoms with E-state index >= 15 is 0 Å². The predicted molar refractivity (Wildman–Crippen MR) is 95.0 cm³/mol. The highest BCUT2D eigenvalue weighted by atomic mass is 35.5. The van der Waals surface area contributed by atoms with Gasteiger partial charge in [-0.15, -0.1) is 0 Å². The van der Waals surface area contributed by atoms with Gasteiger partial charge in [-0.25, -0.2) is 0 Å². The second kappa shape index (κ2) is 5.69. The Morgan fingerprint density at radius 1 is 0.818 bits per heavy atom. The fourth-order valence-electron chi connectivity index (χ4n) is 3.55. The van der Waals surface area contributed by atoms with E-state index in [0.717, 1.165) is 18.9 Å². The van der Waals surface area contributed by atoms with Gasteiger partial charge in [0.2, 0.25) is 0 Å². The highest BCUT2D eigenvalue weighted by molar-refractivity contribution is 6.28. The number of hydrogen-bond donors (Lipinski definition) is 0. The molecule has 0 amide bonds. The number of halogens is 1. The minimum atomic E-state index is 1.08. The zero-order chi connectivity index (χ0) is 14.9. The van der Waals surface area contributed by atoms with E-state index in [4.69, 9.17) is 11.6 Å². The number of fused-ring (bicyclic) bond motifs is 3. The van der Waals surface area contributed by atoms with E-state index in [2.05, 4.69) is 58.0 Å². The van der Waals surface area contributed by atoms with Crippen LogP contribution in [0.25, 0.3) is 27.6 Å². The first-order chi connectivity index (χ1) is 10.9. The summed E-state index contributed by atoms with van der Waals surface area (Å²) in [5.74, 6) is 1.10. The average Bonchev–Trinajstić information content (AvgIpc) is 2.92. The molecular formula is C19H19ClN2. The Morgan fingerprint density at radius 3 is 1.91 bits per heavy atom. The Hall–Kier alpha value is -1.93. The Labute approximate surface area is 135 Å². The number of aromatic nitrogens is 1. The third-order valence-corrected chi connectivity index (χ3v) is 4.78. The average molecular weight is 311 g/mol. The van der Waals surface area contributed by atoms with Gasteiger partial charge >= 0.3 is 0 Å². The van der Waals surface area contributed by atoms with Crippen LogP contribution in [-0.2, 0) is 0 Å². The SMILES string of the molecule is Cl/C=C(/N1CCCCC1)n1c2ccccc2c2ccccc21. The molecule has 112 valence electrons. The topological polar surface area (TPSA) is 8.17 Å². The molecule has 1 fully saturated rings. The molecule has 0 spiro atoms. The molecule has 1 aromatic heterocycles. The molecule has 0 atom stereocenters. The molecular weight excluding hydrogens is 292 g/mol. The summed E-state index contributed by atoms with van der Waals surface area (Å²) in [5.41, 5.74) is 4.19. The van der Waals surface area contributed by atoms with Crippen LogP contribution in [0.15, 0.2) is 54.1 Å². The van der Waals surface area contributed by atoms with Crippen molar-refractivity contribution in [1.82, 2.24) is 9.47 Å². The van der Waals surface area contributed by atoms with Crippen molar-refractivity contribution in [2.24, 2.45) is 0 Å². The first-order valence-electron chi connectivity index (χ1n) is 7.94. The number of benzene rings is 2. The van der Waals surface area contributed by atoms with Crippen LogP contribution in [0.2, 0.25) is 0 Å². The zero-order valence-electron chi connectivity index (χ0n) is 12.5. The summed E-state index contributed by atoms with van der Waals surface area (Å²) in [6.07, 6.45) is 3.80. The molecule has 0 N–H and O–H groups in total. The maximum absolute atomic E-state index is 6.27. The molecule has 0 aliphatic carbocycles. The molecule has 3 aromatic rings. The van der Waals surface area contributed by atoms with Gasteiger partial charge in [0.25, 0.3) is 0 Å². The summed E-state index contributed by atoms with van der Waals surface area (Å²) in [6, 6.07) is 17.1. The standard InChI is InChI=1S/C19H19ClN2/c20-14-19(21-12-6-1-7-13-21)22-17-10-4-2-8-15(17)16-9-3-5-11-18(16)22/h2-5,8-11,14H,1,6-7,12-13H2/b19-14-. The van der Waals surface area contributed by atoms with E-state index in [9.17, 15) is 0 Å². The van der Waals surface area contributed by atoms with Crippen molar-refractivity contribution in [1.29, 1.82) is 0 Å². The Kier molecular flexibility index (Phi) is 3.55. The Balaban J connectivity index is 1.99. The van der Waals surface area contributed by atoms with Crippen molar-refractivity contribution < 1.29 is 0 Å². The van der Waals surface area contributed by atoms with Crippen LogP contribution < -0.4 is 0 Å². The third kappa shape index (κ3) is 2.10. The van der Waals surface area contributed by atoms with Gasteiger partial charge in [0.15, 0.2) is 0 Å². The van der Waals surface area contributed by atoms with Crippen molar-refractivity contribution >= 4 is 39.2 Å². The van der Waals surface area contributed by atoms with Gasteiger partial charge < -0.3 is 4.90 Å². The Morgan fingerprint density at radius 2 is 1.36 bits per heavy atom. The molecule has 2 aromatic carbocycles. The summed E-state index contributed by atoms with van der Waals surface area (Å²) in [5, 5.41) is 2.57. The van der Waals surface area contributed by atoms with Crippen molar-refractivity contribution in [2.45, 2.75) is 19.3 Å². The highest BCUT2D eigenvalue weighted by Crippen LogP contribution is 2.33. The third-order valence-electron chi connectivity index (χ3n) is 4.59. The molecule has 1 aliphatic heterocycles. The van der Waals surface area contributed by atoms with Crippen molar-refractivity contribution in [3.63, 3.8) is 0 Å². The van der Waals surface area contributed by atoms with Crippen LogP contribution in [-0.4, -0.2) is 22.6 Å². The lowest BCUT2D eigenvalue weighted by molar-refractivity contribution is 0.315. The number of rotatable bonds is 2. The van der Waals surface area contributed by atoms with Gasteiger partial charge in [0.1, 0.15) is 5.82 Å². The van der Waals surface area contributed by atoms with Gasteiger partial charge in [0, 0.05) is 29.4 Å². The summed E-state index contributed by atoms with van der Waals surface area (Å²) in [6.45, 7) is 2.17. The van der Waals surface area contributed by atoms with E-state index in [0.29, 0.717) is 0 Å². The van der Waals surface area contributed by atoms with Crippen LogP contribution in [0.1, 0.15) is 19.3 Å². The van der Waals surface area contributed by atoms with E-state index in [1.54, 1.807) is 5.54 Å². The molecule has 1 saturated heterocycles. The summed E-state index contributed by atoms with van der Waals surface area (Å²) in [4.78, 5) is 2.41. The van der Waals surface area contributed by atoms with Crippen LogP contribution in [0.4, 0.5) is 0 Å². The lowest BCUT2D eigenvalue weighted by Crippen LogP contribution is -2.30. The van der Waals surface area contributed by atoms with Gasteiger partial charge in [-0.3, -0.25) is 4.57 Å². The summed E-state index contributed by atoms with van der Waals surface area (Å²) in [7, 11) is 0. The van der Waals surface area contributed by atoms with E-state index in [1.807, 2.05) is 0 Å². The number of nitrogens with zero attached hydrogens (tertiary/aromatic N) is 2. The quantitative estimate of drug-likeness (QED) is 0.625. The molecule has 0 radical (unpaired) electrons. The van der Waals surface area contributed by atoms with Crippen molar-refractivity contribution in [3.05, 3.63) is 54.1 Å². The fraction of sp³-hybridized carbons (Fsp3) is 0.263. The van der Waals surface area contributed by atoms with Gasteiger partial charge in [-0.2, -0.15) is 0 Å². The minimum absolute atomic E-state index is 1.08. The first kappa shape index (κ1) is 13.7. The predicted octanol–water partition coefficient (Wildman–Crippen LogP) is 5.28. The minimum Gasteiger partial charge on any atom is -0.357 e. The van der Waals surface area contributed by atoms with Crippen molar-refractivity contribution in [2.75, 3.05) is 13.1 Å². The van der Waals surface area contributed by atoms with Gasteiger partial charge in [-0.1, -0.05) is 48.0 Å². The molecule has 3 heteroatoms. The molecule has 0 saturated carbocycles. The van der Waals surface area contributed by atoms with E-state index in [1.165, 1.54) is 41.1 Å². The van der Waals surface area contributed by atoms with E-state index in [-0.39, 0.29) is 0 Å². The zero-order valence-corrected chi connectivity index (χ0v) is 13.3. The van der Waals surface area contributed by atoms with Crippen LogP contribution in [0, 0.1) is 0 Å². The number of piperidine rings is 1. The van der Waals surface area contributed by atoms with Gasteiger partial charge in [0.05, 0.1) is 11.0 Å². The van der Waals surface area contributed by atoms with Crippen LogP contribution >= 0.6 is 11.6 Å². The monoisotopic (exact) mass is 310 g/mol. The Bertz CT molecular complexity index is 788. The van der Waals surface area contributed by atoms with E-state index < -0.39 is 0 Å². The largest absolute Gasteiger partial charge is 0.357 e. The molecule has 0 unspecified atom stereocenters. The summed E-state index contributed by atoms with van der Waals surface area (Å²) < 4.78 is 2.31. The second-order valence-corrected chi connectivity index (χ2v) is 6.10. The molecule has 1 aliphatic rings. The lowest BCUT2D eigenvalue weighted by Gasteiger charge is -2.31. The van der Waals surface area contributed by atoms with Crippen molar-refractivity contribution in [3.8, 4) is 0 Å².